The van der Waals surface area contributed by atoms with Crippen LogP contribution in [0, 0.1) is 0 Å². The summed E-state index contributed by atoms with van der Waals surface area (Å²) < 4.78 is 12.1. The average molecular weight is 456 g/mol. The molecule has 1 unspecified atom stereocenters. The molecule has 1 saturated heterocycles. The number of methoxy groups -OCH3 is 1. The van der Waals surface area contributed by atoms with Gasteiger partial charge in [-0.15, -0.1) is 0 Å². The molecule has 0 bridgehead atoms. The molecule has 2 saturated carbocycles. The molecular formula is C25H33N3O5. The molecule has 5 atom stereocenters. The number of rotatable bonds is 6. The minimum atomic E-state index is -0.598. The van der Waals surface area contributed by atoms with Crippen molar-refractivity contribution in [2.75, 3.05) is 7.11 Å². The van der Waals surface area contributed by atoms with Crippen LogP contribution in [0.3, 0.4) is 0 Å². The van der Waals surface area contributed by atoms with Gasteiger partial charge in [0.1, 0.15) is 17.9 Å². The van der Waals surface area contributed by atoms with E-state index in [1.807, 2.05) is 18.2 Å². The SMILES string of the molecule is CO[C@H]1CCC[C@@H]1N[C@@H]1CCCC[C@@H]1Oc1ccc2c(c1)CN(C1CCC(=O)NC1=O)C2=O. The second-order valence-electron chi connectivity index (χ2n) is 9.74. The number of carbonyl (C=O) groups is 3. The summed E-state index contributed by atoms with van der Waals surface area (Å²) >= 11 is 0. The van der Waals surface area contributed by atoms with E-state index in [1.165, 1.54) is 12.8 Å². The van der Waals surface area contributed by atoms with Gasteiger partial charge in [-0.3, -0.25) is 19.7 Å². The van der Waals surface area contributed by atoms with E-state index in [4.69, 9.17) is 9.47 Å². The van der Waals surface area contributed by atoms with Gasteiger partial charge in [0.25, 0.3) is 5.91 Å². The van der Waals surface area contributed by atoms with Gasteiger partial charge in [0.2, 0.25) is 11.8 Å². The summed E-state index contributed by atoms with van der Waals surface area (Å²) in [6.07, 6.45) is 8.85. The number of benzene rings is 1. The topological polar surface area (TPSA) is 97.0 Å². The minimum Gasteiger partial charge on any atom is -0.489 e. The van der Waals surface area contributed by atoms with E-state index in [2.05, 4.69) is 10.6 Å². The molecule has 8 heteroatoms. The van der Waals surface area contributed by atoms with E-state index >= 15 is 0 Å². The summed E-state index contributed by atoms with van der Waals surface area (Å²) in [7, 11) is 1.80. The van der Waals surface area contributed by atoms with Crippen molar-refractivity contribution in [3.63, 3.8) is 0 Å². The first-order valence-electron chi connectivity index (χ1n) is 12.3. The fourth-order valence-electron chi connectivity index (χ4n) is 5.90. The zero-order chi connectivity index (χ0) is 22.9. The normalized spacial score (nSPS) is 32.1. The molecule has 0 aromatic heterocycles. The number of fused-ring (bicyclic) bond motifs is 1. The van der Waals surface area contributed by atoms with Gasteiger partial charge < -0.3 is 19.7 Å². The largest absolute Gasteiger partial charge is 0.489 e. The maximum atomic E-state index is 12.9. The summed E-state index contributed by atoms with van der Waals surface area (Å²) in [6.45, 7) is 0.363. The van der Waals surface area contributed by atoms with Gasteiger partial charge in [0, 0.05) is 37.7 Å². The Morgan fingerprint density at radius 1 is 0.970 bits per heavy atom. The number of piperidine rings is 1. The number of nitrogens with zero attached hydrogens (tertiary/aromatic N) is 1. The van der Waals surface area contributed by atoms with Crippen molar-refractivity contribution >= 4 is 17.7 Å². The first-order valence-corrected chi connectivity index (χ1v) is 12.3. The third-order valence-corrected chi connectivity index (χ3v) is 7.67. The van der Waals surface area contributed by atoms with E-state index in [9.17, 15) is 14.4 Å². The fraction of sp³-hybridized carbons (Fsp3) is 0.640. The highest BCUT2D eigenvalue weighted by atomic mass is 16.5. The Hall–Kier alpha value is -2.45. The molecule has 1 aromatic rings. The van der Waals surface area contributed by atoms with Gasteiger partial charge in [0.05, 0.1) is 6.10 Å². The first-order chi connectivity index (χ1) is 16.0. The Labute approximate surface area is 194 Å². The molecule has 4 aliphatic rings. The standard InChI is InChI=1S/C25H33N3O5/c1-32-21-8-4-6-18(21)26-19-5-2-3-7-22(19)33-16-9-10-17-15(13-16)14-28(25(17)31)20-11-12-23(29)27-24(20)30/h9-10,13,18-22,26H,2-8,11-12,14H2,1H3,(H,27,29,30)/t18-,19+,20?,21-,22-/m0/s1. The summed E-state index contributed by atoms with van der Waals surface area (Å²) in [5.41, 5.74) is 1.48. The Balaban J connectivity index is 1.26. The predicted molar refractivity (Wildman–Crippen MR) is 121 cm³/mol. The quantitative estimate of drug-likeness (QED) is 0.639. The highest BCUT2D eigenvalue weighted by molar-refractivity contribution is 6.05. The first kappa shape index (κ1) is 22.3. The Bertz CT molecular complexity index is 935. The predicted octanol–water partition coefficient (Wildman–Crippen LogP) is 2.29. The molecule has 2 aliphatic carbocycles. The molecule has 5 rings (SSSR count). The van der Waals surface area contributed by atoms with Crippen molar-refractivity contribution in [3.05, 3.63) is 29.3 Å². The van der Waals surface area contributed by atoms with Gasteiger partial charge in [-0.2, -0.15) is 0 Å². The van der Waals surface area contributed by atoms with Crippen molar-refractivity contribution in [2.24, 2.45) is 0 Å². The van der Waals surface area contributed by atoms with Crippen molar-refractivity contribution in [3.8, 4) is 5.75 Å². The summed E-state index contributed by atoms with van der Waals surface area (Å²) in [5, 5.41) is 6.17. The molecule has 1 aromatic carbocycles. The lowest BCUT2D eigenvalue weighted by molar-refractivity contribution is -0.136. The molecular weight excluding hydrogens is 422 g/mol. The Morgan fingerprint density at radius 3 is 2.55 bits per heavy atom. The van der Waals surface area contributed by atoms with E-state index in [0.717, 1.165) is 43.4 Å². The van der Waals surface area contributed by atoms with Crippen LogP contribution in [0.2, 0.25) is 0 Å². The molecule has 8 nitrogen and oxygen atoms in total. The molecule has 178 valence electrons. The monoisotopic (exact) mass is 455 g/mol. The van der Waals surface area contributed by atoms with Gasteiger partial charge in [-0.25, -0.2) is 0 Å². The lowest BCUT2D eigenvalue weighted by atomic mass is 9.91. The molecule has 0 radical (unpaired) electrons. The van der Waals surface area contributed by atoms with Gasteiger partial charge >= 0.3 is 0 Å². The molecule has 0 spiro atoms. The molecule has 3 fully saturated rings. The minimum absolute atomic E-state index is 0.0817. The van der Waals surface area contributed by atoms with Crippen molar-refractivity contribution in [2.45, 2.75) is 94.7 Å². The summed E-state index contributed by atoms with van der Waals surface area (Å²) in [6, 6.07) is 5.68. The third-order valence-electron chi connectivity index (χ3n) is 7.67. The number of amides is 3. The lowest BCUT2D eigenvalue weighted by Crippen LogP contribution is -2.52. The van der Waals surface area contributed by atoms with Crippen LogP contribution >= 0.6 is 0 Å². The zero-order valence-electron chi connectivity index (χ0n) is 19.2. The van der Waals surface area contributed by atoms with Crippen LogP contribution in [0.15, 0.2) is 18.2 Å². The second kappa shape index (κ2) is 9.43. The summed E-state index contributed by atoms with van der Waals surface area (Å²) in [4.78, 5) is 38.3. The Morgan fingerprint density at radius 2 is 1.73 bits per heavy atom. The van der Waals surface area contributed by atoms with E-state index < -0.39 is 6.04 Å². The highest BCUT2D eigenvalue weighted by Crippen LogP contribution is 2.32. The zero-order valence-corrected chi connectivity index (χ0v) is 19.2. The van der Waals surface area contributed by atoms with Crippen LogP contribution in [0.1, 0.15) is 73.7 Å². The molecule has 3 amide bonds. The number of ether oxygens (including phenoxy) is 2. The molecule has 33 heavy (non-hydrogen) atoms. The summed E-state index contributed by atoms with van der Waals surface area (Å²) in [5.74, 6) is -0.0578. The number of hydrogen-bond acceptors (Lipinski definition) is 6. The van der Waals surface area contributed by atoms with Crippen LogP contribution in [0.4, 0.5) is 0 Å². The third kappa shape index (κ3) is 4.51. The van der Waals surface area contributed by atoms with Gasteiger partial charge in [-0.1, -0.05) is 6.42 Å². The van der Waals surface area contributed by atoms with Gasteiger partial charge in [-0.05, 0) is 68.7 Å². The number of imide groups is 1. The fourth-order valence-corrected chi connectivity index (χ4v) is 5.90. The van der Waals surface area contributed by atoms with Crippen LogP contribution < -0.4 is 15.4 Å². The van der Waals surface area contributed by atoms with Crippen LogP contribution in [-0.4, -0.2) is 60.1 Å². The van der Waals surface area contributed by atoms with E-state index in [-0.39, 0.29) is 42.4 Å². The average Bonchev–Trinajstić information content (AvgIpc) is 3.39. The number of hydrogen-bond donors (Lipinski definition) is 2. The smallest absolute Gasteiger partial charge is 0.255 e. The maximum absolute atomic E-state index is 12.9. The molecule has 2 aliphatic heterocycles. The van der Waals surface area contributed by atoms with Gasteiger partial charge in [0.15, 0.2) is 0 Å². The molecule has 2 N–H and O–H groups in total. The van der Waals surface area contributed by atoms with Crippen LogP contribution in [0.5, 0.6) is 5.75 Å². The van der Waals surface area contributed by atoms with Crippen LogP contribution in [0.25, 0.3) is 0 Å². The van der Waals surface area contributed by atoms with E-state index in [0.29, 0.717) is 24.6 Å². The van der Waals surface area contributed by atoms with E-state index in [1.54, 1.807) is 12.0 Å². The number of nitrogens with one attached hydrogen (secondary N) is 2. The lowest BCUT2D eigenvalue weighted by Gasteiger charge is -2.35. The Kier molecular flexibility index (Phi) is 6.38. The second-order valence-corrected chi connectivity index (χ2v) is 9.74. The van der Waals surface area contributed by atoms with Crippen molar-refractivity contribution in [1.29, 1.82) is 0 Å². The van der Waals surface area contributed by atoms with Crippen molar-refractivity contribution < 1.29 is 23.9 Å². The van der Waals surface area contributed by atoms with Crippen LogP contribution in [-0.2, 0) is 20.9 Å². The van der Waals surface area contributed by atoms with Crippen molar-refractivity contribution in [1.82, 2.24) is 15.5 Å². The molecule has 2 heterocycles. The number of carbonyl (C=O) groups excluding carboxylic acids is 3. The maximum Gasteiger partial charge on any atom is 0.255 e. The highest BCUT2D eigenvalue weighted by Gasteiger charge is 2.39.